The van der Waals surface area contributed by atoms with Crippen LogP contribution in [0.25, 0.3) is 0 Å². The van der Waals surface area contributed by atoms with Gasteiger partial charge < -0.3 is 20.1 Å². The number of likely N-dealkylation sites (tertiary alicyclic amines) is 1. The maximum absolute atomic E-state index is 9.83. The van der Waals surface area contributed by atoms with Crippen LogP contribution >= 0.6 is 0 Å². The fraction of sp³-hybridized carbons (Fsp3) is 1.00. The normalized spacial score (nSPS) is 33.0. The topological polar surface area (TPSA) is 44.7 Å². The van der Waals surface area contributed by atoms with Gasteiger partial charge in [-0.2, -0.15) is 0 Å². The summed E-state index contributed by atoms with van der Waals surface area (Å²) in [5.74, 6) is 2.10. The summed E-state index contributed by atoms with van der Waals surface area (Å²) in [6.45, 7) is 3.42. The first-order chi connectivity index (χ1) is 10.7. The van der Waals surface area contributed by atoms with Crippen molar-refractivity contribution in [3.05, 3.63) is 0 Å². The van der Waals surface area contributed by atoms with E-state index in [1.54, 1.807) is 7.11 Å². The number of methoxy groups -OCH3 is 1. The van der Waals surface area contributed by atoms with Crippen LogP contribution in [0.5, 0.6) is 0 Å². The Morgan fingerprint density at radius 3 is 2.50 bits per heavy atom. The molecule has 3 rings (SSSR count). The fourth-order valence-corrected chi connectivity index (χ4v) is 4.53. The smallest absolute Gasteiger partial charge is 0.0900 e. The van der Waals surface area contributed by atoms with Crippen molar-refractivity contribution >= 4 is 0 Å². The SMILES string of the molecule is COCC(O)CN1CCC(NC2CCCC(C3CC3)C2)CC1. The standard InChI is InChI=1S/C18H34N2O2/c1-22-13-18(21)12-20-9-7-16(8-10-20)19-17-4-2-3-15(11-17)14-5-6-14/h14-19,21H,2-13H2,1H3. The Hall–Kier alpha value is -0.160. The summed E-state index contributed by atoms with van der Waals surface area (Å²) in [7, 11) is 1.65. The van der Waals surface area contributed by atoms with Crippen LogP contribution in [0.2, 0.25) is 0 Å². The lowest BCUT2D eigenvalue weighted by molar-refractivity contribution is 0.0303. The second-order valence-electron chi connectivity index (χ2n) is 7.81. The molecule has 0 aromatic heterocycles. The molecule has 3 fully saturated rings. The number of piperidine rings is 1. The van der Waals surface area contributed by atoms with Crippen LogP contribution in [0.15, 0.2) is 0 Å². The van der Waals surface area contributed by atoms with Gasteiger partial charge in [0.15, 0.2) is 0 Å². The molecule has 1 aliphatic heterocycles. The molecule has 1 heterocycles. The molecule has 22 heavy (non-hydrogen) atoms. The Balaban J connectivity index is 1.34. The van der Waals surface area contributed by atoms with E-state index in [9.17, 15) is 5.11 Å². The molecule has 3 aliphatic rings. The van der Waals surface area contributed by atoms with E-state index in [1.165, 1.54) is 51.4 Å². The number of hydrogen-bond acceptors (Lipinski definition) is 4. The Morgan fingerprint density at radius 1 is 1.05 bits per heavy atom. The van der Waals surface area contributed by atoms with Gasteiger partial charge in [0.25, 0.3) is 0 Å². The third kappa shape index (κ3) is 4.92. The quantitative estimate of drug-likeness (QED) is 0.755. The van der Waals surface area contributed by atoms with Gasteiger partial charge in [0.1, 0.15) is 0 Å². The summed E-state index contributed by atoms with van der Waals surface area (Å²) in [5.41, 5.74) is 0. The largest absolute Gasteiger partial charge is 0.389 e. The number of aliphatic hydroxyl groups is 1. The molecule has 0 bridgehead atoms. The van der Waals surface area contributed by atoms with Gasteiger partial charge in [0.2, 0.25) is 0 Å². The van der Waals surface area contributed by atoms with Crippen LogP contribution < -0.4 is 5.32 Å². The summed E-state index contributed by atoms with van der Waals surface area (Å²) in [5, 5.41) is 13.8. The number of aliphatic hydroxyl groups excluding tert-OH is 1. The molecule has 0 aromatic carbocycles. The third-order valence-corrected chi connectivity index (χ3v) is 5.89. The Labute approximate surface area is 135 Å². The van der Waals surface area contributed by atoms with Crippen molar-refractivity contribution in [2.24, 2.45) is 11.8 Å². The number of hydrogen-bond donors (Lipinski definition) is 2. The zero-order chi connectivity index (χ0) is 15.4. The van der Waals surface area contributed by atoms with E-state index in [-0.39, 0.29) is 6.10 Å². The van der Waals surface area contributed by atoms with Crippen LogP contribution in [-0.4, -0.2) is 61.5 Å². The molecule has 3 unspecified atom stereocenters. The second-order valence-corrected chi connectivity index (χ2v) is 7.81. The highest BCUT2D eigenvalue weighted by atomic mass is 16.5. The minimum atomic E-state index is -0.341. The molecule has 0 radical (unpaired) electrons. The van der Waals surface area contributed by atoms with E-state index >= 15 is 0 Å². The molecule has 4 heteroatoms. The first kappa shape index (κ1) is 16.7. The molecule has 0 spiro atoms. The van der Waals surface area contributed by atoms with E-state index < -0.39 is 0 Å². The van der Waals surface area contributed by atoms with Crippen molar-refractivity contribution in [1.82, 2.24) is 10.2 Å². The molecular formula is C18H34N2O2. The van der Waals surface area contributed by atoms with Crippen molar-refractivity contribution in [3.8, 4) is 0 Å². The fourth-order valence-electron chi connectivity index (χ4n) is 4.53. The van der Waals surface area contributed by atoms with Gasteiger partial charge in [-0.05, 0) is 63.5 Å². The molecule has 2 N–H and O–H groups in total. The van der Waals surface area contributed by atoms with Crippen molar-refractivity contribution in [3.63, 3.8) is 0 Å². The number of rotatable bonds is 7. The van der Waals surface area contributed by atoms with Crippen molar-refractivity contribution in [2.75, 3.05) is 33.4 Å². The molecule has 3 atom stereocenters. The molecule has 1 saturated heterocycles. The minimum Gasteiger partial charge on any atom is -0.389 e. The first-order valence-corrected chi connectivity index (χ1v) is 9.40. The Morgan fingerprint density at radius 2 is 1.82 bits per heavy atom. The average Bonchev–Trinajstić information content (AvgIpc) is 3.35. The van der Waals surface area contributed by atoms with Crippen LogP contribution in [0.1, 0.15) is 51.4 Å². The maximum Gasteiger partial charge on any atom is 0.0900 e. The molecule has 128 valence electrons. The molecule has 0 aromatic rings. The van der Waals surface area contributed by atoms with Gasteiger partial charge in [-0.3, -0.25) is 0 Å². The summed E-state index contributed by atoms with van der Waals surface area (Å²) >= 11 is 0. The zero-order valence-corrected chi connectivity index (χ0v) is 14.2. The van der Waals surface area contributed by atoms with E-state index in [0.717, 1.165) is 37.5 Å². The third-order valence-electron chi connectivity index (χ3n) is 5.89. The highest BCUT2D eigenvalue weighted by molar-refractivity contribution is 4.90. The molecule has 4 nitrogen and oxygen atoms in total. The van der Waals surface area contributed by atoms with E-state index in [2.05, 4.69) is 10.2 Å². The zero-order valence-electron chi connectivity index (χ0n) is 14.2. The van der Waals surface area contributed by atoms with Crippen LogP contribution in [-0.2, 0) is 4.74 Å². The second kappa shape index (κ2) is 8.09. The number of nitrogens with zero attached hydrogens (tertiary/aromatic N) is 1. The predicted octanol–water partition coefficient (Wildman–Crippen LogP) is 2.02. The lowest BCUT2D eigenvalue weighted by atomic mass is 9.82. The van der Waals surface area contributed by atoms with Crippen molar-refractivity contribution in [1.29, 1.82) is 0 Å². The highest BCUT2D eigenvalue weighted by Gasteiger charge is 2.35. The summed E-state index contributed by atoms with van der Waals surface area (Å²) < 4.78 is 5.01. The number of ether oxygens (including phenoxy) is 1. The summed E-state index contributed by atoms with van der Waals surface area (Å²) in [6.07, 6.45) is 10.8. The van der Waals surface area contributed by atoms with E-state index in [0.29, 0.717) is 12.6 Å². The molecule has 2 saturated carbocycles. The van der Waals surface area contributed by atoms with Gasteiger partial charge in [-0.1, -0.05) is 12.8 Å². The monoisotopic (exact) mass is 310 g/mol. The maximum atomic E-state index is 9.83. The van der Waals surface area contributed by atoms with Gasteiger partial charge in [0, 0.05) is 25.7 Å². The lowest BCUT2D eigenvalue weighted by Crippen LogP contribution is -2.49. The summed E-state index contributed by atoms with van der Waals surface area (Å²) in [6, 6.07) is 1.47. The van der Waals surface area contributed by atoms with Gasteiger partial charge >= 0.3 is 0 Å². The van der Waals surface area contributed by atoms with Gasteiger partial charge in [-0.25, -0.2) is 0 Å². The first-order valence-electron chi connectivity index (χ1n) is 9.40. The van der Waals surface area contributed by atoms with Crippen LogP contribution in [0, 0.1) is 11.8 Å². The van der Waals surface area contributed by atoms with E-state index in [1.807, 2.05) is 0 Å². The number of nitrogens with one attached hydrogen (secondary N) is 1. The van der Waals surface area contributed by atoms with Crippen LogP contribution in [0.4, 0.5) is 0 Å². The lowest BCUT2D eigenvalue weighted by Gasteiger charge is -2.37. The van der Waals surface area contributed by atoms with Gasteiger partial charge in [-0.15, -0.1) is 0 Å². The van der Waals surface area contributed by atoms with Crippen molar-refractivity contribution in [2.45, 2.75) is 69.6 Å². The summed E-state index contributed by atoms with van der Waals surface area (Å²) in [4.78, 5) is 2.38. The number of β-amino-alcohol motifs (C(OH)–C–C–N with tert-alkyl or cyclic N) is 1. The molecule has 0 amide bonds. The molecule has 2 aliphatic carbocycles. The van der Waals surface area contributed by atoms with Gasteiger partial charge in [0.05, 0.1) is 12.7 Å². The Bertz CT molecular complexity index is 327. The minimum absolute atomic E-state index is 0.341. The molecular weight excluding hydrogens is 276 g/mol. The van der Waals surface area contributed by atoms with E-state index in [4.69, 9.17) is 4.74 Å². The average molecular weight is 310 g/mol. The van der Waals surface area contributed by atoms with Crippen LogP contribution in [0.3, 0.4) is 0 Å². The predicted molar refractivity (Wildman–Crippen MR) is 89.0 cm³/mol. The highest BCUT2D eigenvalue weighted by Crippen LogP contribution is 2.44. The van der Waals surface area contributed by atoms with Crippen molar-refractivity contribution < 1.29 is 9.84 Å². The Kier molecular flexibility index (Phi) is 6.14.